The number of esters is 1. The van der Waals surface area contributed by atoms with Gasteiger partial charge in [0, 0.05) is 17.5 Å². The van der Waals surface area contributed by atoms with E-state index in [1.807, 2.05) is 22.6 Å². The molecule has 7 nitrogen and oxygen atoms in total. The molecule has 0 fully saturated rings. The van der Waals surface area contributed by atoms with Crippen LogP contribution in [-0.2, 0) is 4.74 Å². The molecule has 88 valence electrons. The third-order valence-corrected chi connectivity index (χ3v) is 2.99. The summed E-state index contributed by atoms with van der Waals surface area (Å²) in [6.45, 7) is 0. The highest BCUT2D eigenvalue weighted by Gasteiger charge is 2.20. The van der Waals surface area contributed by atoms with Crippen molar-refractivity contribution in [3.8, 4) is 0 Å². The van der Waals surface area contributed by atoms with E-state index in [1.165, 1.54) is 19.2 Å². The Balaban J connectivity index is 2.80. The van der Waals surface area contributed by atoms with Gasteiger partial charge in [0.2, 0.25) is 0 Å². The van der Waals surface area contributed by atoms with E-state index in [9.17, 15) is 14.9 Å². The molecule has 1 N–H and O–H groups in total. The van der Waals surface area contributed by atoms with Crippen molar-refractivity contribution >= 4 is 45.2 Å². The summed E-state index contributed by atoms with van der Waals surface area (Å²) in [6, 6.07) is 2.49. The summed E-state index contributed by atoms with van der Waals surface area (Å²) in [6.07, 6.45) is 0. The Labute approximate surface area is 108 Å². The number of ether oxygens (including phenoxy) is 1. The maximum atomic E-state index is 11.6. The molecule has 0 bridgehead atoms. The van der Waals surface area contributed by atoms with Gasteiger partial charge >= 0.3 is 5.97 Å². The highest BCUT2D eigenvalue weighted by molar-refractivity contribution is 14.1. The lowest BCUT2D eigenvalue weighted by molar-refractivity contribution is -0.384. The highest BCUT2D eigenvalue weighted by atomic mass is 127. The monoisotopic (exact) mass is 347 g/mol. The number of H-pyrrole nitrogens is 1. The molecule has 8 heteroatoms. The second kappa shape index (κ2) is 4.28. The van der Waals surface area contributed by atoms with Crippen molar-refractivity contribution in [2.45, 2.75) is 0 Å². The molecule has 0 unspecified atom stereocenters. The summed E-state index contributed by atoms with van der Waals surface area (Å²) in [5.41, 5.74) is 0.305. The normalized spacial score (nSPS) is 10.5. The Hall–Kier alpha value is -1.71. The van der Waals surface area contributed by atoms with Crippen molar-refractivity contribution < 1.29 is 14.5 Å². The number of nitro groups is 1. The molecule has 0 saturated carbocycles. The predicted octanol–water partition coefficient (Wildman–Crippen LogP) is 1.86. The van der Waals surface area contributed by atoms with E-state index in [-0.39, 0.29) is 11.3 Å². The van der Waals surface area contributed by atoms with Gasteiger partial charge in [-0.1, -0.05) is 0 Å². The number of carbonyl (C=O) groups excluding carboxylic acids is 1. The van der Waals surface area contributed by atoms with Gasteiger partial charge in [-0.25, -0.2) is 4.79 Å². The van der Waals surface area contributed by atoms with Gasteiger partial charge in [-0.15, -0.1) is 0 Å². The van der Waals surface area contributed by atoms with E-state index in [2.05, 4.69) is 14.9 Å². The molecule has 0 aliphatic carbocycles. The van der Waals surface area contributed by atoms with Crippen LogP contribution in [0.2, 0.25) is 0 Å². The van der Waals surface area contributed by atoms with Gasteiger partial charge in [0.1, 0.15) is 9.22 Å². The fourth-order valence-electron chi connectivity index (χ4n) is 1.47. The number of nitrogens with one attached hydrogen (secondary N) is 1. The number of carbonyl (C=O) groups is 1. The first-order chi connectivity index (χ1) is 8.04. The largest absolute Gasteiger partial charge is 0.465 e. The Morgan fingerprint density at radius 3 is 2.88 bits per heavy atom. The zero-order valence-electron chi connectivity index (χ0n) is 8.56. The number of non-ortho nitro benzene ring substituents is 1. The fraction of sp³-hybridized carbons (Fsp3) is 0.111. The van der Waals surface area contributed by atoms with E-state index in [1.54, 1.807) is 0 Å². The smallest absolute Gasteiger partial charge is 0.338 e. The molecule has 0 aliphatic heterocycles. The molecule has 0 radical (unpaired) electrons. The van der Waals surface area contributed by atoms with Crippen LogP contribution < -0.4 is 0 Å². The third kappa shape index (κ3) is 1.95. The lowest BCUT2D eigenvalue weighted by Gasteiger charge is -2.01. The van der Waals surface area contributed by atoms with E-state index >= 15 is 0 Å². The second-order valence-corrected chi connectivity index (χ2v) is 4.25. The average molecular weight is 347 g/mol. The van der Waals surface area contributed by atoms with Gasteiger partial charge in [-0.2, -0.15) is 5.10 Å². The predicted molar refractivity (Wildman–Crippen MR) is 66.8 cm³/mol. The van der Waals surface area contributed by atoms with Crippen LogP contribution in [0.5, 0.6) is 0 Å². The molecule has 1 aromatic heterocycles. The Kier molecular flexibility index (Phi) is 2.96. The molecule has 2 rings (SSSR count). The van der Waals surface area contributed by atoms with E-state index in [4.69, 9.17) is 0 Å². The molecule has 0 aliphatic rings. The molecular weight excluding hydrogens is 341 g/mol. The maximum Gasteiger partial charge on any atom is 0.338 e. The van der Waals surface area contributed by atoms with Crippen molar-refractivity contribution in [3.63, 3.8) is 0 Å². The summed E-state index contributed by atoms with van der Waals surface area (Å²) in [5, 5.41) is 17.8. The van der Waals surface area contributed by atoms with Gasteiger partial charge in [-0.05, 0) is 22.6 Å². The number of methoxy groups -OCH3 is 1. The van der Waals surface area contributed by atoms with Gasteiger partial charge in [0.25, 0.3) is 5.69 Å². The lowest BCUT2D eigenvalue weighted by Crippen LogP contribution is -2.03. The number of aromatic amines is 1. The average Bonchev–Trinajstić information content (AvgIpc) is 2.69. The number of aromatic nitrogens is 2. The minimum atomic E-state index is -0.627. The number of hydrogen-bond donors (Lipinski definition) is 1. The molecule has 0 saturated heterocycles. The summed E-state index contributed by atoms with van der Waals surface area (Å²) in [7, 11) is 1.22. The zero-order valence-corrected chi connectivity index (χ0v) is 10.7. The van der Waals surface area contributed by atoms with Gasteiger partial charge < -0.3 is 4.74 Å². The summed E-state index contributed by atoms with van der Waals surface area (Å²) >= 11 is 1.96. The first kappa shape index (κ1) is 11.8. The van der Waals surface area contributed by atoms with E-state index in [0.717, 1.165) is 0 Å². The van der Waals surface area contributed by atoms with Crippen LogP contribution >= 0.6 is 22.6 Å². The number of nitrogens with zero attached hydrogens (tertiary/aromatic N) is 2. The number of benzene rings is 1. The maximum absolute atomic E-state index is 11.6. The van der Waals surface area contributed by atoms with E-state index in [0.29, 0.717) is 14.6 Å². The lowest BCUT2D eigenvalue weighted by atomic mass is 10.1. The number of rotatable bonds is 2. The van der Waals surface area contributed by atoms with Gasteiger partial charge in [-0.3, -0.25) is 15.2 Å². The topological polar surface area (TPSA) is 98.1 Å². The van der Waals surface area contributed by atoms with Crippen LogP contribution in [0.4, 0.5) is 5.69 Å². The summed E-state index contributed by atoms with van der Waals surface area (Å²) < 4.78 is 5.23. The Bertz CT molecular complexity index is 622. The van der Waals surface area contributed by atoms with Crippen LogP contribution in [0.3, 0.4) is 0 Å². The van der Waals surface area contributed by atoms with Crippen molar-refractivity contribution in [1.29, 1.82) is 0 Å². The molecular formula is C9H6IN3O4. The third-order valence-electron chi connectivity index (χ3n) is 2.21. The van der Waals surface area contributed by atoms with Crippen molar-refractivity contribution in [3.05, 3.63) is 31.5 Å². The number of fused-ring (bicyclic) bond motifs is 1. The fourth-order valence-corrected chi connectivity index (χ4v) is 2.16. The number of nitro benzene ring substituents is 1. The van der Waals surface area contributed by atoms with Crippen LogP contribution in [0.1, 0.15) is 10.4 Å². The molecule has 17 heavy (non-hydrogen) atoms. The van der Waals surface area contributed by atoms with Crippen molar-refractivity contribution in [2.75, 3.05) is 7.11 Å². The minimum Gasteiger partial charge on any atom is -0.465 e. The number of halogens is 1. The molecule has 0 spiro atoms. The zero-order chi connectivity index (χ0) is 12.6. The molecule has 2 aromatic rings. The van der Waals surface area contributed by atoms with Crippen LogP contribution in [0, 0.1) is 13.8 Å². The van der Waals surface area contributed by atoms with Crippen molar-refractivity contribution in [2.24, 2.45) is 0 Å². The molecule has 0 atom stereocenters. The van der Waals surface area contributed by atoms with Crippen molar-refractivity contribution in [1.82, 2.24) is 10.2 Å². The quantitative estimate of drug-likeness (QED) is 0.387. The minimum absolute atomic E-state index is 0.134. The molecule has 0 amide bonds. The molecule has 1 aromatic carbocycles. The standard InChI is InChI=1S/C9H6IN3O4/c1-17-9(14)5-2-4(13(15)16)3-6-7(5)8(10)12-11-6/h2-3H,1H3,(H,11,12). The highest BCUT2D eigenvalue weighted by Crippen LogP contribution is 2.27. The SMILES string of the molecule is COC(=O)c1cc([N+](=O)[O-])cc2n[nH]c(I)c12. The second-order valence-electron chi connectivity index (χ2n) is 3.17. The van der Waals surface area contributed by atoms with Crippen LogP contribution in [0.25, 0.3) is 10.9 Å². The number of hydrogen-bond acceptors (Lipinski definition) is 5. The van der Waals surface area contributed by atoms with Gasteiger partial charge in [0.15, 0.2) is 0 Å². The first-order valence-electron chi connectivity index (χ1n) is 4.45. The Morgan fingerprint density at radius 1 is 1.59 bits per heavy atom. The first-order valence-corrected chi connectivity index (χ1v) is 5.52. The Morgan fingerprint density at radius 2 is 2.29 bits per heavy atom. The molecule has 1 heterocycles. The van der Waals surface area contributed by atoms with Crippen LogP contribution in [0.15, 0.2) is 12.1 Å². The summed E-state index contributed by atoms with van der Waals surface area (Å²) in [4.78, 5) is 21.7. The van der Waals surface area contributed by atoms with Gasteiger partial charge in [0.05, 0.1) is 17.6 Å². The summed E-state index contributed by atoms with van der Waals surface area (Å²) in [5.74, 6) is -0.627. The van der Waals surface area contributed by atoms with E-state index < -0.39 is 10.9 Å². The van der Waals surface area contributed by atoms with Crippen LogP contribution in [-0.4, -0.2) is 28.2 Å².